The Balaban J connectivity index is 1.81. The van der Waals surface area contributed by atoms with Crippen LogP contribution in [0, 0.1) is 13.8 Å². The molecule has 4 aromatic rings. The summed E-state index contributed by atoms with van der Waals surface area (Å²) in [6.45, 7) is 3.81. The summed E-state index contributed by atoms with van der Waals surface area (Å²) in [5, 5.41) is 8.56. The molecule has 0 bridgehead atoms. The smallest absolute Gasteiger partial charge is 0.295 e. The Labute approximate surface area is 198 Å². The number of halogens is 3. The molecule has 5 nitrogen and oxygen atoms in total. The average molecular weight is 516 g/mol. The second-order valence-corrected chi connectivity index (χ2v) is 8.74. The van der Waals surface area contributed by atoms with Gasteiger partial charge in [-0.3, -0.25) is 4.79 Å². The number of anilines is 1. The van der Waals surface area contributed by atoms with Crippen LogP contribution in [-0.2, 0) is 0 Å². The van der Waals surface area contributed by atoms with Gasteiger partial charge in [-0.15, -0.1) is 5.10 Å². The predicted molar refractivity (Wildman–Crippen MR) is 128 cm³/mol. The molecule has 1 amide bonds. The van der Waals surface area contributed by atoms with Gasteiger partial charge in [-0.2, -0.15) is 0 Å². The third-order valence-corrected chi connectivity index (χ3v) is 5.93. The fraction of sp³-hybridized carbons (Fsp3) is 0.0870. The van der Waals surface area contributed by atoms with E-state index in [4.69, 9.17) is 23.2 Å². The van der Waals surface area contributed by atoms with Crippen molar-refractivity contribution in [3.63, 3.8) is 0 Å². The monoisotopic (exact) mass is 514 g/mol. The lowest BCUT2D eigenvalue weighted by molar-refractivity contribution is 0.101. The minimum atomic E-state index is -0.410. The number of hydrogen-bond acceptors (Lipinski definition) is 3. The topological polar surface area (TPSA) is 59.8 Å². The zero-order chi connectivity index (χ0) is 22.1. The standard InChI is InChI=1S/C23H17BrCl2N4O/c1-13-11-16(24)9-10-19(13)27-23(31)21-28-22(15-5-3-6-17(25)12-15)30(29-21)20-8-4-7-18(26)14(20)2/h3-12H,1-2H3,(H,27,31). The molecular formula is C23H17BrCl2N4O. The fourth-order valence-electron chi connectivity index (χ4n) is 3.16. The quantitative estimate of drug-likeness (QED) is 0.322. The average Bonchev–Trinajstić information content (AvgIpc) is 3.17. The van der Waals surface area contributed by atoms with Crippen molar-refractivity contribution in [1.29, 1.82) is 0 Å². The first-order valence-corrected chi connectivity index (χ1v) is 10.9. The largest absolute Gasteiger partial charge is 0.319 e. The molecule has 1 aromatic heterocycles. The van der Waals surface area contributed by atoms with Crippen LogP contribution in [0.25, 0.3) is 17.1 Å². The first kappa shape index (κ1) is 21.6. The van der Waals surface area contributed by atoms with Crippen molar-refractivity contribution in [3.8, 4) is 17.1 Å². The van der Waals surface area contributed by atoms with Gasteiger partial charge in [0.05, 0.1) is 5.69 Å². The fourth-order valence-corrected chi connectivity index (χ4v) is 4.00. The molecule has 4 rings (SSSR count). The van der Waals surface area contributed by atoms with Gasteiger partial charge in [0.2, 0.25) is 5.82 Å². The maximum Gasteiger partial charge on any atom is 0.295 e. The second-order valence-electron chi connectivity index (χ2n) is 6.98. The minimum Gasteiger partial charge on any atom is -0.319 e. The van der Waals surface area contributed by atoms with E-state index in [1.165, 1.54) is 0 Å². The number of aryl methyl sites for hydroxylation is 1. The number of nitrogens with one attached hydrogen (secondary N) is 1. The van der Waals surface area contributed by atoms with Crippen molar-refractivity contribution in [2.45, 2.75) is 13.8 Å². The van der Waals surface area contributed by atoms with E-state index in [2.05, 4.69) is 31.3 Å². The highest BCUT2D eigenvalue weighted by atomic mass is 79.9. The molecule has 31 heavy (non-hydrogen) atoms. The van der Waals surface area contributed by atoms with Gasteiger partial charge in [-0.1, -0.05) is 57.3 Å². The molecule has 1 heterocycles. The summed E-state index contributed by atoms with van der Waals surface area (Å²) in [4.78, 5) is 17.5. The lowest BCUT2D eigenvalue weighted by Gasteiger charge is -2.10. The molecule has 0 aliphatic carbocycles. The summed E-state index contributed by atoms with van der Waals surface area (Å²) in [5.74, 6) is 0.120. The van der Waals surface area contributed by atoms with Gasteiger partial charge >= 0.3 is 0 Å². The van der Waals surface area contributed by atoms with Crippen molar-refractivity contribution in [2.24, 2.45) is 0 Å². The molecular weight excluding hydrogens is 499 g/mol. The molecule has 0 aliphatic heterocycles. The first-order chi connectivity index (χ1) is 14.8. The second kappa shape index (κ2) is 8.83. The van der Waals surface area contributed by atoms with E-state index in [0.717, 1.165) is 26.9 Å². The van der Waals surface area contributed by atoms with Crippen molar-refractivity contribution in [2.75, 3.05) is 5.32 Å². The lowest BCUT2D eigenvalue weighted by Crippen LogP contribution is -2.15. The third kappa shape index (κ3) is 4.51. The van der Waals surface area contributed by atoms with E-state index in [0.29, 0.717) is 21.6 Å². The number of carbonyl (C=O) groups excluding carboxylic acids is 1. The van der Waals surface area contributed by atoms with Crippen molar-refractivity contribution < 1.29 is 4.79 Å². The highest BCUT2D eigenvalue weighted by Gasteiger charge is 2.21. The van der Waals surface area contributed by atoms with Gasteiger partial charge in [0.1, 0.15) is 0 Å². The van der Waals surface area contributed by atoms with Gasteiger partial charge in [-0.25, -0.2) is 9.67 Å². The van der Waals surface area contributed by atoms with Crippen LogP contribution in [0.15, 0.2) is 65.1 Å². The van der Waals surface area contributed by atoms with E-state index < -0.39 is 5.91 Å². The van der Waals surface area contributed by atoms with Gasteiger partial charge in [0, 0.05) is 25.8 Å². The molecule has 3 aromatic carbocycles. The Kier molecular flexibility index (Phi) is 6.14. The molecule has 0 radical (unpaired) electrons. The van der Waals surface area contributed by atoms with E-state index in [-0.39, 0.29) is 5.82 Å². The number of aromatic nitrogens is 3. The zero-order valence-corrected chi connectivity index (χ0v) is 19.8. The molecule has 156 valence electrons. The summed E-state index contributed by atoms with van der Waals surface area (Å²) in [5.41, 5.74) is 3.90. The number of amides is 1. The molecule has 0 saturated carbocycles. The number of nitrogens with zero attached hydrogens (tertiary/aromatic N) is 3. The number of benzene rings is 3. The summed E-state index contributed by atoms with van der Waals surface area (Å²) < 4.78 is 2.56. The first-order valence-electron chi connectivity index (χ1n) is 9.39. The van der Waals surface area contributed by atoms with Crippen molar-refractivity contribution in [3.05, 3.63) is 92.1 Å². The Morgan fingerprint density at radius 1 is 1.03 bits per heavy atom. The normalized spacial score (nSPS) is 10.9. The van der Waals surface area contributed by atoms with Crippen LogP contribution < -0.4 is 5.32 Å². The van der Waals surface area contributed by atoms with Crippen LogP contribution in [0.5, 0.6) is 0 Å². The highest BCUT2D eigenvalue weighted by molar-refractivity contribution is 9.10. The van der Waals surface area contributed by atoms with Crippen LogP contribution in [0.4, 0.5) is 5.69 Å². The van der Waals surface area contributed by atoms with Crippen LogP contribution in [0.1, 0.15) is 21.7 Å². The number of rotatable bonds is 4. The minimum absolute atomic E-state index is 0.0386. The van der Waals surface area contributed by atoms with E-state index in [9.17, 15) is 4.79 Å². The van der Waals surface area contributed by atoms with Crippen LogP contribution in [0.2, 0.25) is 10.0 Å². The molecule has 0 fully saturated rings. The molecule has 1 N–H and O–H groups in total. The Bertz CT molecular complexity index is 1300. The molecule has 0 atom stereocenters. The summed E-state index contributed by atoms with van der Waals surface area (Å²) in [7, 11) is 0. The van der Waals surface area contributed by atoms with Crippen molar-refractivity contribution >= 4 is 50.7 Å². The third-order valence-electron chi connectivity index (χ3n) is 4.80. The SMILES string of the molecule is Cc1cc(Br)ccc1NC(=O)c1nc(-c2cccc(Cl)c2)n(-c2cccc(Cl)c2C)n1. The van der Waals surface area contributed by atoms with E-state index in [1.807, 2.05) is 56.3 Å². The molecule has 8 heteroatoms. The number of carbonyl (C=O) groups is 1. The van der Waals surface area contributed by atoms with E-state index >= 15 is 0 Å². The molecule has 0 aliphatic rings. The maximum atomic E-state index is 13.0. The van der Waals surface area contributed by atoms with Gasteiger partial charge < -0.3 is 5.32 Å². The molecule has 0 saturated heterocycles. The van der Waals surface area contributed by atoms with Crippen LogP contribution in [-0.4, -0.2) is 20.7 Å². The Morgan fingerprint density at radius 2 is 1.81 bits per heavy atom. The maximum absolute atomic E-state index is 13.0. The summed E-state index contributed by atoms with van der Waals surface area (Å²) in [6, 6.07) is 18.4. The van der Waals surface area contributed by atoms with Crippen LogP contribution in [0.3, 0.4) is 0 Å². The summed E-state index contributed by atoms with van der Waals surface area (Å²) >= 11 is 16.0. The Hall–Kier alpha value is -2.67. The van der Waals surface area contributed by atoms with Gasteiger partial charge in [0.15, 0.2) is 5.82 Å². The predicted octanol–water partition coefficient (Wildman–Crippen LogP) is 6.87. The zero-order valence-electron chi connectivity index (χ0n) is 16.7. The van der Waals surface area contributed by atoms with Crippen LogP contribution >= 0.6 is 39.1 Å². The summed E-state index contributed by atoms with van der Waals surface area (Å²) in [6.07, 6.45) is 0. The number of hydrogen-bond donors (Lipinski definition) is 1. The lowest BCUT2D eigenvalue weighted by atomic mass is 10.1. The molecule has 0 unspecified atom stereocenters. The highest BCUT2D eigenvalue weighted by Crippen LogP contribution is 2.28. The van der Waals surface area contributed by atoms with Gasteiger partial charge in [0.25, 0.3) is 5.91 Å². The van der Waals surface area contributed by atoms with Crippen molar-refractivity contribution in [1.82, 2.24) is 14.8 Å². The van der Waals surface area contributed by atoms with Gasteiger partial charge in [-0.05, 0) is 67.4 Å². The Morgan fingerprint density at radius 3 is 2.55 bits per heavy atom. The van der Waals surface area contributed by atoms with E-state index in [1.54, 1.807) is 22.9 Å². The molecule has 0 spiro atoms.